The Morgan fingerprint density at radius 1 is 0.892 bits per heavy atom. The molecule has 1 fully saturated rings. The molecular weight excluding hydrogens is 481 g/mol. The number of anilines is 3. The first-order valence-electron chi connectivity index (χ1n) is 12.1. The standard InChI is InChI=1S/C28H29F3N4O2/c1-34(25-10-6-5-9-24(25)28(29,30)31)23-15-17-35(18-16-23)26(36)19-32-27(37)20-11-13-22(14-12-20)33-21-7-3-2-4-8-21/h2-14,23,33H,15-19H2,1H3,(H,32,37). The quantitative estimate of drug-likeness (QED) is 0.453. The van der Waals surface area contributed by atoms with E-state index >= 15 is 0 Å². The molecule has 0 aromatic heterocycles. The van der Waals surface area contributed by atoms with Crippen LogP contribution in [0.5, 0.6) is 0 Å². The molecule has 4 rings (SSSR count). The summed E-state index contributed by atoms with van der Waals surface area (Å²) in [6.07, 6.45) is -3.35. The van der Waals surface area contributed by atoms with Gasteiger partial charge in [0, 0.05) is 48.8 Å². The molecule has 0 aliphatic carbocycles. The van der Waals surface area contributed by atoms with Crippen LogP contribution < -0.4 is 15.5 Å². The van der Waals surface area contributed by atoms with E-state index in [4.69, 9.17) is 0 Å². The Morgan fingerprint density at radius 3 is 2.14 bits per heavy atom. The van der Waals surface area contributed by atoms with Crippen molar-refractivity contribution in [2.75, 3.05) is 36.9 Å². The molecule has 3 aromatic rings. The first-order valence-corrected chi connectivity index (χ1v) is 12.1. The van der Waals surface area contributed by atoms with Crippen LogP contribution in [0.1, 0.15) is 28.8 Å². The lowest BCUT2D eigenvalue weighted by molar-refractivity contribution is -0.137. The van der Waals surface area contributed by atoms with E-state index in [1.807, 2.05) is 30.3 Å². The fourth-order valence-corrected chi connectivity index (χ4v) is 4.48. The van der Waals surface area contributed by atoms with Crippen LogP contribution in [0.2, 0.25) is 0 Å². The van der Waals surface area contributed by atoms with E-state index in [2.05, 4.69) is 10.6 Å². The molecule has 1 aliphatic rings. The Bertz CT molecular complexity index is 1210. The largest absolute Gasteiger partial charge is 0.418 e. The van der Waals surface area contributed by atoms with Gasteiger partial charge in [-0.2, -0.15) is 13.2 Å². The first kappa shape index (κ1) is 26.1. The van der Waals surface area contributed by atoms with E-state index < -0.39 is 11.7 Å². The first-order chi connectivity index (χ1) is 17.7. The highest BCUT2D eigenvalue weighted by Crippen LogP contribution is 2.37. The Morgan fingerprint density at radius 2 is 1.49 bits per heavy atom. The second-order valence-corrected chi connectivity index (χ2v) is 8.99. The molecule has 0 spiro atoms. The minimum absolute atomic E-state index is 0.120. The molecule has 0 unspecified atom stereocenters. The lowest BCUT2D eigenvalue weighted by atomic mass is 10.0. The number of nitrogens with one attached hydrogen (secondary N) is 2. The van der Waals surface area contributed by atoms with Crippen LogP contribution in [0.3, 0.4) is 0 Å². The van der Waals surface area contributed by atoms with Crippen molar-refractivity contribution in [3.8, 4) is 0 Å². The molecule has 0 radical (unpaired) electrons. The summed E-state index contributed by atoms with van der Waals surface area (Å²) in [4.78, 5) is 28.5. The number of piperidine rings is 1. The topological polar surface area (TPSA) is 64.7 Å². The third-order valence-electron chi connectivity index (χ3n) is 6.56. The van der Waals surface area contributed by atoms with E-state index in [9.17, 15) is 22.8 Å². The number of likely N-dealkylation sites (tertiary alicyclic amines) is 1. The van der Waals surface area contributed by atoms with Gasteiger partial charge in [0.25, 0.3) is 5.91 Å². The second kappa shape index (κ2) is 11.4. The highest BCUT2D eigenvalue weighted by atomic mass is 19.4. The number of halogens is 3. The Hall–Kier alpha value is -4.01. The second-order valence-electron chi connectivity index (χ2n) is 8.99. The van der Waals surface area contributed by atoms with Crippen LogP contribution in [0.15, 0.2) is 78.9 Å². The highest BCUT2D eigenvalue weighted by molar-refractivity contribution is 5.96. The molecule has 0 atom stereocenters. The van der Waals surface area contributed by atoms with Crippen molar-refractivity contribution in [2.24, 2.45) is 0 Å². The molecule has 2 amide bonds. The zero-order valence-corrected chi connectivity index (χ0v) is 20.5. The normalized spacial score (nSPS) is 14.2. The molecular formula is C28H29F3N4O2. The van der Waals surface area contributed by atoms with Gasteiger partial charge in [0.1, 0.15) is 0 Å². The van der Waals surface area contributed by atoms with E-state index in [-0.39, 0.29) is 30.1 Å². The van der Waals surface area contributed by atoms with Crippen molar-refractivity contribution in [3.63, 3.8) is 0 Å². The molecule has 9 heteroatoms. The smallest absolute Gasteiger partial charge is 0.371 e. The highest BCUT2D eigenvalue weighted by Gasteiger charge is 2.35. The zero-order valence-electron chi connectivity index (χ0n) is 20.5. The van der Waals surface area contributed by atoms with Gasteiger partial charge in [-0.1, -0.05) is 30.3 Å². The fourth-order valence-electron chi connectivity index (χ4n) is 4.48. The molecule has 0 bridgehead atoms. The summed E-state index contributed by atoms with van der Waals surface area (Å²) < 4.78 is 40.2. The SMILES string of the molecule is CN(c1ccccc1C(F)(F)F)C1CCN(C(=O)CNC(=O)c2ccc(Nc3ccccc3)cc2)CC1. The molecule has 37 heavy (non-hydrogen) atoms. The average Bonchev–Trinajstić information content (AvgIpc) is 2.92. The number of hydrogen-bond donors (Lipinski definition) is 2. The van der Waals surface area contributed by atoms with Gasteiger partial charge >= 0.3 is 6.18 Å². The predicted octanol–water partition coefficient (Wildman–Crippen LogP) is 5.31. The molecule has 1 saturated heterocycles. The van der Waals surface area contributed by atoms with Gasteiger partial charge in [0.2, 0.25) is 5.91 Å². The third-order valence-corrected chi connectivity index (χ3v) is 6.56. The number of hydrogen-bond acceptors (Lipinski definition) is 4. The molecule has 6 nitrogen and oxygen atoms in total. The summed E-state index contributed by atoms with van der Waals surface area (Å²) in [5.74, 6) is -0.564. The van der Waals surface area contributed by atoms with Gasteiger partial charge in [0.15, 0.2) is 0 Å². The fraction of sp³-hybridized carbons (Fsp3) is 0.286. The van der Waals surface area contributed by atoms with Gasteiger partial charge in [0.05, 0.1) is 12.1 Å². The van der Waals surface area contributed by atoms with Gasteiger partial charge in [-0.05, 0) is 61.4 Å². The van der Waals surface area contributed by atoms with Crippen molar-refractivity contribution in [2.45, 2.75) is 25.1 Å². The van der Waals surface area contributed by atoms with Crippen LogP contribution in [0.4, 0.5) is 30.2 Å². The van der Waals surface area contributed by atoms with Crippen LogP contribution >= 0.6 is 0 Å². The van der Waals surface area contributed by atoms with E-state index in [1.54, 1.807) is 47.2 Å². The summed E-state index contributed by atoms with van der Waals surface area (Å²) >= 11 is 0. The summed E-state index contributed by atoms with van der Waals surface area (Å²) in [6.45, 7) is 0.690. The number of carbonyl (C=O) groups is 2. The van der Waals surface area contributed by atoms with E-state index in [1.165, 1.54) is 12.1 Å². The Kier molecular flexibility index (Phi) is 8.01. The van der Waals surface area contributed by atoms with Crippen molar-refractivity contribution in [1.82, 2.24) is 10.2 Å². The lowest BCUT2D eigenvalue weighted by Crippen LogP contribution is -2.48. The van der Waals surface area contributed by atoms with Crippen molar-refractivity contribution in [1.29, 1.82) is 0 Å². The number of benzene rings is 3. The molecule has 1 aliphatic heterocycles. The number of carbonyl (C=O) groups excluding carboxylic acids is 2. The number of nitrogens with zero attached hydrogens (tertiary/aromatic N) is 2. The zero-order chi connectivity index (χ0) is 26.4. The maximum atomic E-state index is 13.4. The number of amides is 2. The van der Waals surface area contributed by atoms with E-state index in [0.717, 1.165) is 17.4 Å². The van der Waals surface area contributed by atoms with Gasteiger partial charge < -0.3 is 20.4 Å². The van der Waals surface area contributed by atoms with Crippen LogP contribution in [-0.2, 0) is 11.0 Å². The van der Waals surface area contributed by atoms with Crippen molar-refractivity contribution in [3.05, 3.63) is 90.0 Å². The van der Waals surface area contributed by atoms with Crippen molar-refractivity contribution >= 4 is 28.9 Å². The van der Waals surface area contributed by atoms with Gasteiger partial charge in [-0.3, -0.25) is 9.59 Å². The number of para-hydroxylation sites is 2. The van der Waals surface area contributed by atoms with Crippen LogP contribution in [0, 0.1) is 0 Å². The van der Waals surface area contributed by atoms with Crippen LogP contribution in [0.25, 0.3) is 0 Å². The summed E-state index contributed by atoms with van der Waals surface area (Å²) in [5.41, 5.74) is 1.68. The molecule has 1 heterocycles. The Labute approximate surface area is 214 Å². The molecule has 0 saturated carbocycles. The monoisotopic (exact) mass is 510 g/mol. The van der Waals surface area contributed by atoms with Gasteiger partial charge in [-0.25, -0.2) is 0 Å². The minimum Gasteiger partial charge on any atom is -0.371 e. The lowest BCUT2D eigenvalue weighted by Gasteiger charge is -2.38. The van der Waals surface area contributed by atoms with E-state index in [0.29, 0.717) is 31.5 Å². The maximum Gasteiger partial charge on any atom is 0.418 e. The third kappa shape index (κ3) is 6.61. The summed E-state index contributed by atoms with van der Waals surface area (Å²) in [6, 6.07) is 22.0. The molecule has 194 valence electrons. The van der Waals surface area contributed by atoms with Gasteiger partial charge in [-0.15, -0.1) is 0 Å². The number of rotatable bonds is 7. The number of alkyl halides is 3. The molecule has 2 N–H and O–H groups in total. The summed E-state index contributed by atoms with van der Waals surface area (Å²) in [5, 5.41) is 5.91. The molecule has 3 aromatic carbocycles. The maximum absolute atomic E-state index is 13.4. The van der Waals surface area contributed by atoms with Crippen LogP contribution in [-0.4, -0.2) is 49.4 Å². The minimum atomic E-state index is -4.43. The summed E-state index contributed by atoms with van der Waals surface area (Å²) in [7, 11) is 1.66. The predicted molar refractivity (Wildman–Crippen MR) is 138 cm³/mol. The Balaban J connectivity index is 1.25. The van der Waals surface area contributed by atoms with Crippen molar-refractivity contribution < 1.29 is 22.8 Å². The average molecular weight is 511 g/mol.